The summed E-state index contributed by atoms with van der Waals surface area (Å²) in [5, 5.41) is 9.56. The number of aliphatic hydroxyl groups excluding tert-OH is 1. The molecule has 0 atom stereocenters. The van der Waals surface area contributed by atoms with Gasteiger partial charge < -0.3 is 14.7 Å². The third kappa shape index (κ3) is 4.01. The second kappa shape index (κ2) is 7.63. The van der Waals surface area contributed by atoms with Crippen molar-refractivity contribution in [2.24, 2.45) is 5.41 Å². The van der Waals surface area contributed by atoms with Gasteiger partial charge in [0.15, 0.2) is 0 Å². The summed E-state index contributed by atoms with van der Waals surface area (Å²) in [6, 6.07) is 7.74. The number of carbonyl (C=O) groups excluding carboxylic acids is 1. The van der Waals surface area contributed by atoms with Gasteiger partial charge in [-0.1, -0.05) is 19.1 Å². The van der Waals surface area contributed by atoms with Crippen LogP contribution in [0.4, 0.5) is 0 Å². The molecule has 1 aliphatic rings. The van der Waals surface area contributed by atoms with Gasteiger partial charge in [0.2, 0.25) is 5.91 Å². The maximum Gasteiger partial charge on any atom is 0.226 e. The zero-order valence-electron chi connectivity index (χ0n) is 13.7. The van der Waals surface area contributed by atoms with Crippen LogP contribution in [0.5, 0.6) is 5.75 Å². The SMILES string of the molecule is CCOc1ccc(CC(=O)N2CCC(CC)(CO)CC2)cc1. The lowest BCUT2D eigenvalue weighted by Crippen LogP contribution is -2.44. The van der Waals surface area contributed by atoms with E-state index in [0.29, 0.717) is 13.0 Å². The molecular weight excluding hydrogens is 278 g/mol. The minimum Gasteiger partial charge on any atom is -0.494 e. The number of benzene rings is 1. The largest absolute Gasteiger partial charge is 0.494 e. The van der Waals surface area contributed by atoms with Crippen LogP contribution in [0.25, 0.3) is 0 Å². The summed E-state index contributed by atoms with van der Waals surface area (Å²) in [4.78, 5) is 14.3. The zero-order valence-corrected chi connectivity index (χ0v) is 13.7. The maximum absolute atomic E-state index is 12.4. The summed E-state index contributed by atoms with van der Waals surface area (Å²) in [6.07, 6.45) is 3.21. The van der Waals surface area contributed by atoms with Crippen molar-refractivity contribution < 1.29 is 14.6 Å². The van der Waals surface area contributed by atoms with Gasteiger partial charge in [-0.25, -0.2) is 0 Å². The Bertz CT molecular complexity index is 470. The average molecular weight is 305 g/mol. The number of likely N-dealkylation sites (tertiary alicyclic amines) is 1. The lowest BCUT2D eigenvalue weighted by molar-refractivity contribution is -0.133. The fourth-order valence-corrected chi connectivity index (χ4v) is 3.01. The molecule has 22 heavy (non-hydrogen) atoms. The molecule has 4 nitrogen and oxygen atoms in total. The maximum atomic E-state index is 12.4. The van der Waals surface area contributed by atoms with E-state index in [2.05, 4.69) is 6.92 Å². The van der Waals surface area contributed by atoms with Crippen LogP contribution in [0.2, 0.25) is 0 Å². The van der Waals surface area contributed by atoms with Crippen LogP contribution in [0.3, 0.4) is 0 Å². The molecule has 0 radical (unpaired) electrons. The van der Waals surface area contributed by atoms with Crippen LogP contribution in [0.15, 0.2) is 24.3 Å². The molecule has 1 fully saturated rings. The molecule has 4 heteroatoms. The second-order valence-electron chi connectivity index (χ2n) is 6.15. The van der Waals surface area contributed by atoms with Gasteiger partial charge in [-0.05, 0) is 49.3 Å². The molecule has 0 unspecified atom stereocenters. The molecule has 0 aliphatic carbocycles. The van der Waals surface area contributed by atoms with Crippen LogP contribution in [-0.2, 0) is 11.2 Å². The monoisotopic (exact) mass is 305 g/mol. The average Bonchev–Trinajstić information content (AvgIpc) is 2.57. The van der Waals surface area contributed by atoms with Gasteiger partial charge in [0.25, 0.3) is 0 Å². The number of hydrogen-bond acceptors (Lipinski definition) is 3. The van der Waals surface area contributed by atoms with Crippen molar-refractivity contribution in [3.05, 3.63) is 29.8 Å². The Labute approximate surface area is 133 Å². The van der Waals surface area contributed by atoms with Crippen LogP contribution in [0.1, 0.15) is 38.7 Å². The number of aliphatic hydroxyl groups is 1. The molecule has 1 amide bonds. The van der Waals surface area contributed by atoms with Gasteiger partial charge in [0, 0.05) is 19.7 Å². The number of ether oxygens (including phenoxy) is 1. The van der Waals surface area contributed by atoms with Crippen molar-refractivity contribution in [1.29, 1.82) is 0 Å². The normalized spacial score (nSPS) is 17.3. The third-order valence-corrected chi connectivity index (χ3v) is 4.85. The first-order valence-electron chi connectivity index (χ1n) is 8.23. The molecule has 1 N–H and O–H groups in total. The number of rotatable bonds is 6. The Morgan fingerprint density at radius 2 is 1.86 bits per heavy atom. The van der Waals surface area contributed by atoms with E-state index >= 15 is 0 Å². The molecule has 1 aromatic carbocycles. The highest BCUT2D eigenvalue weighted by Crippen LogP contribution is 2.34. The molecule has 0 spiro atoms. The Hall–Kier alpha value is -1.55. The van der Waals surface area contributed by atoms with Crippen LogP contribution >= 0.6 is 0 Å². The van der Waals surface area contributed by atoms with E-state index < -0.39 is 0 Å². The molecule has 1 aliphatic heterocycles. The van der Waals surface area contributed by atoms with Gasteiger partial charge in [-0.2, -0.15) is 0 Å². The van der Waals surface area contributed by atoms with Crippen LogP contribution in [0, 0.1) is 5.41 Å². The first-order chi connectivity index (χ1) is 10.6. The van der Waals surface area contributed by atoms with Crippen LogP contribution < -0.4 is 4.74 Å². The molecular formula is C18H27NO3. The summed E-state index contributed by atoms with van der Waals surface area (Å²) < 4.78 is 5.41. The van der Waals surface area contributed by atoms with E-state index in [1.165, 1.54) is 0 Å². The zero-order chi connectivity index (χ0) is 16.0. The van der Waals surface area contributed by atoms with E-state index in [9.17, 15) is 9.90 Å². The molecule has 0 aromatic heterocycles. The van der Waals surface area contributed by atoms with Gasteiger partial charge in [-0.15, -0.1) is 0 Å². The standard InChI is InChI=1S/C18H27NO3/c1-3-18(14-20)9-11-19(12-10-18)17(21)13-15-5-7-16(8-6-15)22-4-2/h5-8,20H,3-4,9-14H2,1-2H3. The quantitative estimate of drug-likeness (QED) is 0.879. The lowest BCUT2D eigenvalue weighted by atomic mass is 9.77. The van der Waals surface area contributed by atoms with Crippen molar-refractivity contribution in [2.45, 2.75) is 39.5 Å². The number of carbonyl (C=O) groups is 1. The van der Waals surface area contributed by atoms with E-state index in [-0.39, 0.29) is 17.9 Å². The van der Waals surface area contributed by atoms with Crippen molar-refractivity contribution >= 4 is 5.91 Å². The Morgan fingerprint density at radius 3 is 2.36 bits per heavy atom. The first-order valence-corrected chi connectivity index (χ1v) is 8.23. The molecule has 0 saturated carbocycles. The minimum atomic E-state index is 0.0237. The first kappa shape index (κ1) is 16.8. The van der Waals surface area contributed by atoms with Gasteiger partial charge in [0.1, 0.15) is 5.75 Å². The summed E-state index contributed by atoms with van der Waals surface area (Å²) in [6.45, 7) is 6.46. The Kier molecular flexibility index (Phi) is 5.83. The number of hydrogen-bond donors (Lipinski definition) is 1. The number of amides is 1. The van der Waals surface area contributed by atoms with E-state index in [0.717, 1.165) is 43.7 Å². The second-order valence-corrected chi connectivity index (χ2v) is 6.15. The predicted octanol–water partition coefficient (Wildman–Crippen LogP) is 2.64. The van der Waals surface area contributed by atoms with E-state index in [1.807, 2.05) is 36.1 Å². The van der Waals surface area contributed by atoms with Crippen molar-refractivity contribution in [2.75, 3.05) is 26.3 Å². The number of piperidine rings is 1. The predicted molar refractivity (Wildman–Crippen MR) is 86.9 cm³/mol. The Balaban J connectivity index is 1.88. The van der Waals surface area contributed by atoms with Crippen molar-refractivity contribution in [3.63, 3.8) is 0 Å². The van der Waals surface area contributed by atoms with Gasteiger partial charge >= 0.3 is 0 Å². The molecule has 2 rings (SSSR count). The minimum absolute atomic E-state index is 0.0237. The van der Waals surface area contributed by atoms with E-state index in [1.54, 1.807) is 0 Å². The smallest absolute Gasteiger partial charge is 0.226 e. The van der Waals surface area contributed by atoms with Gasteiger partial charge in [-0.3, -0.25) is 4.79 Å². The van der Waals surface area contributed by atoms with Gasteiger partial charge in [0.05, 0.1) is 13.0 Å². The third-order valence-electron chi connectivity index (χ3n) is 4.85. The van der Waals surface area contributed by atoms with Crippen molar-refractivity contribution in [1.82, 2.24) is 4.90 Å². The lowest BCUT2D eigenvalue weighted by Gasteiger charge is -2.40. The molecule has 0 bridgehead atoms. The fourth-order valence-electron chi connectivity index (χ4n) is 3.01. The summed E-state index contributed by atoms with van der Waals surface area (Å²) in [5.74, 6) is 1.01. The topological polar surface area (TPSA) is 49.8 Å². The Morgan fingerprint density at radius 1 is 1.23 bits per heavy atom. The highest BCUT2D eigenvalue weighted by atomic mass is 16.5. The number of nitrogens with zero attached hydrogens (tertiary/aromatic N) is 1. The van der Waals surface area contributed by atoms with Crippen molar-refractivity contribution in [3.8, 4) is 5.75 Å². The molecule has 1 aromatic rings. The summed E-state index contributed by atoms with van der Waals surface area (Å²) in [5.41, 5.74) is 1.04. The highest BCUT2D eigenvalue weighted by Gasteiger charge is 2.33. The van der Waals surface area contributed by atoms with E-state index in [4.69, 9.17) is 4.74 Å². The van der Waals surface area contributed by atoms with Crippen LogP contribution in [-0.4, -0.2) is 42.2 Å². The fraction of sp³-hybridized carbons (Fsp3) is 0.611. The highest BCUT2D eigenvalue weighted by molar-refractivity contribution is 5.78. The summed E-state index contributed by atoms with van der Waals surface area (Å²) >= 11 is 0. The molecule has 1 saturated heterocycles. The summed E-state index contributed by atoms with van der Waals surface area (Å²) in [7, 11) is 0. The molecule has 122 valence electrons. The molecule has 1 heterocycles.